The molecule has 1 aliphatic heterocycles. The minimum atomic E-state index is 0.242. The topological polar surface area (TPSA) is 45.4 Å². The van der Waals surface area contributed by atoms with E-state index in [0.717, 1.165) is 38.4 Å². The molecule has 1 aliphatic rings. The van der Waals surface area contributed by atoms with Crippen molar-refractivity contribution in [3.05, 3.63) is 24.4 Å². The second-order valence-electron chi connectivity index (χ2n) is 4.54. The van der Waals surface area contributed by atoms with E-state index in [4.69, 9.17) is 18.0 Å². The van der Waals surface area contributed by atoms with E-state index < -0.39 is 0 Å². The van der Waals surface area contributed by atoms with Gasteiger partial charge in [0.15, 0.2) is 0 Å². The number of pyridine rings is 1. The molecule has 0 amide bonds. The van der Waals surface area contributed by atoms with Crippen LogP contribution in [0.25, 0.3) is 0 Å². The maximum absolute atomic E-state index is 5.79. The molecule has 2 rings (SSSR count). The van der Waals surface area contributed by atoms with Gasteiger partial charge in [0.25, 0.3) is 0 Å². The summed E-state index contributed by atoms with van der Waals surface area (Å²) in [4.78, 5) is 9.68. The van der Waals surface area contributed by atoms with Crippen molar-refractivity contribution in [1.82, 2.24) is 9.88 Å². The fourth-order valence-corrected chi connectivity index (χ4v) is 2.76. The normalized spacial score (nSPS) is 18.6. The summed E-state index contributed by atoms with van der Waals surface area (Å²) in [5, 5.41) is 0. The van der Waals surface area contributed by atoms with E-state index in [1.54, 1.807) is 0 Å². The van der Waals surface area contributed by atoms with Crippen LogP contribution in [0.3, 0.4) is 0 Å². The van der Waals surface area contributed by atoms with Crippen LogP contribution in [0.4, 0.5) is 5.82 Å². The molecule has 1 aromatic heterocycles. The number of hydrogen-bond acceptors (Lipinski definition) is 4. The maximum Gasteiger partial charge on any atom is 0.128 e. The third kappa shape index (κ3) is 2.97. The molecule has 0 bridgehead atoms. The quantitative estimate of drug-likeness (QED) is 0.830. The zero-order valence-corrected chi connectivity index (χ0v) is 11.6. The lowest BCUT2D eigenvalue weighted by Crippen LogP contribution is -2.53. The van der Waals surface area contributed by atoms with Gasteiger partial charge in [-0.05, 0) is 18.6 Å². The summed E-state index contributed by atoms with van der Waals surface area (Å²) in [6, 6.07) is 6.27. The highest BCUT2D eigenvalue weighted by atomic mass is 32.1. The SMILES string of the molecule is CCC(C(N)=S)N1CCN(c2ccccn2)CC1. The first-order valence-electron chi connectivity index (χ1n) is 6.41. The van der Waals surface area contributed by atoms with Crippen molar-refractivity contribution in [3.8, 4) is 0 Å². The van der Waals surface area contributed by atoms with Crippen LogP contribution in [0.2, 0.25) is 0 Å². The molecule has 5 heteroatoms. The highest BCUT2D eigenvalue weighted by molar-refractivity contribution is 7.80. The molecule has 2 N–H and O–H groups in total. The van der Waals surface area contributed by atoms with E-state index in [1.807, 2.05) is 18.3 Å². The summed E-state index contributed by atoms with van der Waals surface area (Å²) >= 11 is 5.13. The molecule has 4 nitrogen and oxygen atoms in total. The van der Waals surface area contributed by atoms with Gasteiger partial charge in [0.05, 0.1) is 11.0 Å². The predicted molar refractivity (Wildman–Crippen MR) is 78.9 cm³/mol. The Morgan fingerprint density at radius 1 is 1.39 bits per heavy atom. The van der Waals surface area contributed by atoms with Crippen molar-refractivity contribution in [2.24, 2.45) is 5.73 Å². The van der Waals surface area contributed by atoms with Gasteiger partial charge >= 0.3 is 0 Å². The van der Waals surface area contributed by atoms with Gasteiger partial charge in [0, 0.05) is 32.4 Å². The van der Waals surface area contributed by atoms with Crippen LogP contribution in [0.1, 0.15) is 13.3 Å². The van der Waals surface area contributed by atoms with Gasteiger partial charge in [-0.15, -0.1) is 0 Å². The van der Waals surface area contributed by atoms with Crippen molar-refractivity contribution < 1.29 is 0 Å². The predicted octanol–water partition coefficient (Wildman–Crippen LogP) is 1.27. The molecule has 1 saturated heterocycles. The van der Waals surface area contributed by atoms with E-state index in [9.17, 15) is 0 Å². The summed E-state index contributed by atoms with van der Waals surface area (Å²) in [6.07, 6.45) is 2.82. The summed E-state index contributed by atoms with van der Waals surface area (Å²) < 4.78 is 0. The molecule has 1 aromatic rings. The Hall–Kier alpha value is -1.20. The van der Waals surface area contributed by atoms with Gasteiger partial charge in [-0.1, -0.05) is 25.2 Å². The number of anilines is 1. The average Bonchev–Trinajstić information content (AvgIpc) is 2.41. The summed E-state index contributed by atoms with van der Waals surface area (Å²) in [7, 11) is 0. The molecule has 0 aromatic carbocycles. The Balaban J connectivity index is 1.94. The third-order valence-electron chi connectivity index (χ3n) is 3.44. The van der Waals surface area contributed by atoms with Crippen LogP contribution in [-0.4, -0.2) is 47.1 Å². The molecule has 0 aliphatic carbocycles. The molecule has 1 atom stereocenters. The number of hydrogen-bond donors (Lipinski definition) is 1. The highest BCUT2D eigenvalue weighted by Gasteiger charge is 2.24. The summed E-state index contributed by atoms with van der Waals surface area (Å²) in [5.41, 5.74) is 5.79. The van der Waals surface area contributed by atoms with E-state index >= 15 is 0 Å². The Morgan fingerprint density at radius 3 is 2.61 bits per heavy atom. The average molecular weight is 264 g/mol. The fourth-order valence-electron chi connectivity index (χ4n) is 2.44. The molecular formula is C13H20N4S. The first kappa shape index (κ1) is 13.2. The molecule has 1 fully saturated rings. The molecule has 2 heterocycles. The molecule has 0 saturated carbocycles. The lowest BCUT2D eigenvalue weighted by atomic mass is 10.1. The van der Waals surface area contributed by atoms with Crippen LogP contribution < -0.4 is 10.6 Å². The van der Waals surface area contributed by atoms with Crippen molar-refractivity contribution >= 4 is 23.0 Å². The van der Waals surface area contributed by atoms with E-state index in [-0.39, 0.29) is 6.04 Å². The Bertz CT molecular complexity index is 387. The van der Waals surface area contributed by atoms with Crippen molar-refractivity contribution in [1.29, 1.82) is 0 Å². The molecule has 98 valence electrons. The first-order chi connectivity index (χ1) is 8.72. The van der Waals surface area contributed by atoms with Crippen LogP contribution in [0.5, 0.6) is 0 Å². The van der Waals surface area contributed by atoms with E-state index in [0.29, 0.717) is 4.99 Å². The van der Waals surface area contributed by atoms with Crippen molar-refractivity contribution in [3.63, 3.8) is 0 Å². The van der Waals surface area contributed by atoms with Crippen LogP contribution in [0.15, 0.2) is 24.4 Å². The molecule has 0 radical (unpaired) electrons. The molecule has 1 unspecified atom stereocenters. The number of piperazine rings is 1. The van der Waals surface area contributed by atoms with Crippen LogP contribution in [-0.2, 0) is 0 Å². The number of nitrogens with zero attached hydrogens (tertiary/aromatic N) is 3. The largest absolute Gasteiger partial charge is 0.392 e. The fraction of sp³-hybridized carbons (Fsp3) is 0.538. The van der Waals surface area contributed by atoms with Gasteiger partial charge in [0.1, 0.15) is 5.82 Å². The minimum Gasteiger partial charge on any atom is -0.392 e. The van der Waals surface area contributed by atoms with E-state index in [2.05, 4.69) is 27.8 Å². The molecule has 18 heavy (non-hydrogen) atoms. The maximum atomic E-state index is 5.79. The number of nitrogens with two attached hydrogens (primary N) is 1. The Labute approximate surface area is 114 Å². The van der Waals surface area contributed by atoms with Crippen molar-refractivity contribution in [2.45, 2.75) is 19.4 Å². The lowest BCUT2D eigenvalue weighted by Gasteiger charge is -2.39. The zero-order valence-electron chi connectivity index (χ0n) is 10.7. The zero-order chi connectivity index (χ0) is 13.0. The van der Waals surface area contributed by atoms with Gasteiger partial charge in [-0.3, -0.25) is 4.90 Å². The molecule has 0 spiro atoms. The second-order valence-corrected chi connectivity index (χ2v) is 5.01. The second kappa shape index (κ2) is 6.11. The monoisotopic (exact) mass is 264 g/mol. The standard InChI is InChI=1S/C13H20N4S/c1-2-11(13(14)18)16-7-9-17(10-8-16)12-5-3-4-6-15-12/h3-6,11H,2,7-10H2,1H3,(H2,14,18). The number of thiocarbonyl (C=S) groups is 1. The smallest absolute Gasteiger partial charge is 0.128 e. The van der Waals surface area contributed by atoms with Gasteiger partial charge in [-0.25, -0.2) is 4.98 Å². The van der Waals surface area contributed by atoms with Gasteiger partial charge in [0.2, 0.25) is 0 Å². The van der Waals surface area contributed by atoms with Gasteiger partial charge in [-0.2, -0.15) is 0 Å². The molecular weight excluding hydrogens is 244 g/mol. The van der Waals surface area contributed by atoms with E-state index in [1.165, 1.54) is 0 Å². The summed E-state index contributed by atoms with van der Waals surface area (Å²) in [6.45, 7) is 6.08. The Morgan fingerprint density at radius 2 is 2.11 bits per heavy atom. The highest BCUT2D eigenvalue weighted by Crippen LogP contribution is 2.15. The number of aromatic nitrogens is 1. The Kier molecular flexibility index (Phi) is 4.49. The summed E-state index contributed by atoms with van der Waals surface area (Å²) in [5.74, 6) is 1.06. The minimum absolute atomic E-state index is 0.242. The van der Waals surface area contributed by atoms with Crippen LogP contribution >= 0.6 is 12.2 Å². The van der Waals surface area contributed by atoms with Gasteiger partial charge < -0.3 is 10.6 Å². The third-order valence-corrected chi connectivity index (χ3v) is 3.72. The van der Waals surface area contributed by atoms with Crippen molar-refractivity contribution in [2.75, 3.05) is 31.1 Å². The van der Waals surface area contributed by atoms with Crippen LogP contribution in [0, 0.1) is 0 Å². The number of rotatable bonds is 4. The lowest BCUT2D eigenvalue weighted by molar-refractivity contribution is 0.224. The first-order valence-corrected chi connectivity index (χ1v) is 6.82.